The van der Waals surface area contributed by atoms with Crippen molar-refractivity contribution in [3.63, 3.8) is 0 Å². The molecular formula is C24H36ClN3O4. The van der Waals surface area contributed by atoms with E-state index in [1.165, 1.54) is 0 Å². The van der Waals surface area contributed by atoms with Crippen molar-refractivity contribution in [2.45, 2.75) is 52.1 Å². The number of amides is 2. The third-order valence-corrected chi connectivity index (χ3v) is 5.98. The van der Waals surface area contributed by atoms with E-state index in [9.17, 15) is 9.59 Å². The Labute approximate surface area is 196 Å². The second kappa shape index (κ2) is 11.2. The molecule has 2 aliphatic rings. The van der Waals surface area contributed by atoms with E-state index in [1.807, 2.05) is 25.7 Å². The fourth-order valence-corrected chi connectivity index (χ4v) is 4.24. The van der Waals surface area contributed by atoms with Crippen molar-refractivity contribution in [3.8, 4) is 5.75 Å². The van der Waals surface area contributed by atoms with Gasteiger partial charge in [-0.3, -0.25) is 4.79 Å². The van der Waals surface area contributed by atoms with Crippen LogP contribution >= 0.6 is 11.6 Å². The lowest BCUT2D eigenvalue weighted by Gasteiger charge is -2.36. The van der Waals surface area contributed by atoms with Crippen molar-refractivity contribution in [2.24, 2.45) is 5.92 Å². The van der Waals surface area contributed by atoms with Crippen LogP contribution < -0.4 is 10.1 Å². The Morgan fingerprint density at radius 3 is 2.62 bits per heavy atom. The predicted octanol–water partition coefficient (Wildman–Crippen LogP) is 4.19. The Kier molecular flexibility index (Phi) is 8.65. The first-order valence-corrected chi connectivity index (χ1v) is 12.0. The second-order valence-electron chi connectivity index (χ2n) is 9.61. The molecule has 1 fully saturated rings. The number of ether oxygens (including phenoxy) is 2. The lowest BCUT2D eigenvalue weighted by molar-refractivity contribution is 0.0166. The predicted molar refractivity (Wildman–Crippen MR) is 125 cm³/mol. The summed E-state index contributed by atoms with van der Waals surface area (Å²) >= 11 is 6.16. The summed E-state index contributed by atoms with van der Waals surface area (Å²) in [6.07, 6.45) is 3.22. The van der Waals surface area contributed by atoms with Gasteiger partial charge in [0.2, 0.25) is 0 Å². The molecule has 178 valence electrons. The van der Waals surface area contributed by atoms with Gasteiger partial charge in [-0.05, 0) is 83.7 Å². The molecule has 1 saturated heterocycles. The molecule has 2 aliphatic heterocycles. The van der Waals surface area contributed by atoms with E-state index < -0.39 is 5.60 Å². The van der Waals surface area contributed by atoms with Crippen LogP contribution in [0.5, 0.6) is 5.75 Å². The Balaban J connectivity index is 1.66. The lowest BCUT2D eigenvalue weighted by atomic mass is 9.96. The third-order valence-electron chi connectivity index (χ3n) is 5.74. The van der Waals surface area contributed by atoms with Crippen molar-refractivity contribution in [1.29, 1.82) is 0 Å². The molecule has 0 atom stereocenters. The fourth-order valence-electron chi connectivity index (χ4n) is 4.07. The van der Waals surface area contributed by atoms with Crippen molar-refractivity contribution < 1.29 is 19.1 Å². The van der Waals surface area contributed by atoms with E-state index in [-0.39, 0.29) is 12.0 Å². The van der Waals surface area contributed by atoms with Crippen molar-refractivity contribution in [3.05, 3.63) is 28.8 Å². The van der Waals surface area contributed by atoms with Gasteiger partial charge in [-0.25, -0.2) is 4.79 Å². The summed E-state index contributed by atoms with van der Waals surface area (Å²) in [6, 6.07) is 5.24. The molecule has 1 aromatic rings. The molecule has 0 spiro atoms. The summed E-state index contributed by atoms with van der Waals surface area (Å²) in [5.41, 5.74) is 0.0701. The molecule has 2 amide bonds. The molecule has 1 N–H and O–H groups in total. The van der Waals surface area contributed by atoms with Gasteiger partial charge in [0.25, 0.3) is 5.91 Å². The van der Waals surface area contributed by atoms with Gasteiger partial charge in [-0.1, -0.05) is 11.6 Å². The number of nitrogens with zero attached hydrogens (tertiary/aromatic N) is 2. The highest BCUT2D eigenvalue weighted by Gasteiger charge is 2.29. The quantitative estimate of drug-likeness (QED) is 0.709. The van der Waals surface area contributed by atoms with Crippen molar-refractivity contribution in [1.82, 2.24) is 15.1 Å². The van der Waals surface area contributed by atoms with Gasteiger partial charge in [-0.15, -0.1) is 0 Å². The standard InChI is InChI=1S/C24H36ClN3O4/c1-24(2,3)32-23(30)27-13-8-18(9-14-27)17-28-12-4-10-26-11-5-15-31-21-16-19(25)6-7-20(21)22(28)29/h6-7,16,18,26H,4-5,8-15,17H2,1-3H3. The molecule has 0 aliphatic carbocycles. The molecular weight excluding hydrogens is 430 g/mol. The van der Waals surface area contributed by atoms with Gasteiger partial charge in [-0.2, -0.15) is 0 Å². The number of benzene rings is 1. The number of hydrogen-bond acceptors (Lipinski definition) is 5. The minimum Gasteiger partial charge on any atom is -0.493 e. The molecule has 0 aromatic heterocycles. The highest BCUT2D eigenvalue weighted by atomic mass is 35.5. The van der Waals surface area contributed by atoms with Crippen LogP contribution in [0.25, 0.3) is 0 Å². The second-order valence-corrected chi connectivity index (χ2v) is 10.0. The van der Waals surface area contributed by atoms with E-state index in [4.69, 9.17) is 21.1 Å². The number of nitrogens with one attached hydrogen (secondary N) is 1. The number of fused-ring (bicyclic) bond motifs is 1. The molecule has 1 aromatic carbocycles. The molecule has 8 heteroatoms. The summed E-state index contributed by atoms with van der Waals surface area (Å²) in [6.45, 7) is 10.6. The summed E-state index contributed by atoms with van der Waals surface area (Å²) < 4.78 is 11.4. The minimum absolute atomic E-state index is 0.0215. The van der Waals surface area contributed by atoms with E-state index in [1.54, 1.807) is 23.1 Å². The van der Waals surface area contributed by atoms with Gasteiger partial charge < -0.3 is 24.6 Å². The van der Waals surface area contributed by atoms with Gasteiger partial charge in [0, 0.05) is 31.2 Å². The lowest BCUT2D eigenvalue weighted by Crippen LogP contribution is -2.45. The summed E-state index contributed by atoms with van der Waals surface area (Å²) in [7, 11) is 0. The average Bonchev–Trinajstić information content (AvgIpc) is 2.73. The highest BCUT2D eigenvalue weighted by molar-refractivity contribution is 6.30. The number of hydrogen-bond donors (Lipinski definition) is 1. The van der Waals surface area contributed by atoms with Crippen molar-refractivity contribution >= 4 is 23.6 Å². The maximum Gasteiger partial charge on any atom is 0.410 e. The van der Waals surface area contributed by atoms with Gasteiger partial charge in [0.15, 0.2) is 0 Å². The molecule has 0 radical (unpaired) electrons. The zero-order valence-corrected chi connectivity index (χ0v) is 20.2. The largest absolute Gasteiger partial charge is 0.493 e. The number of rotatable bonds is 2. The summed E-state index contributed by atoms with van der Waals surface area (Å²) in [5, 5.41) is 3.97. The van der Waals surface area contributed by atoms with Crippen molar-refractivity contribution in [2.75, 3.05) is 45.9 Å². The molecule has 32 heavy (non-hydrogen) atoms. The molecule has 0 bridgehead atoms. The van der Waals surface area contributed by atoms with E-state index in [0.29, 0.717) is 55.0 Å². The first-order chi connectivity index (χ1) is 15.2. The molecule has 0 saturated carbocycles. The molecule has 2 heterocycles. The normalized spacial score (nSPS) is 19.4. The minimum atomic E-state index is -0.494. The first-order valence-electron chi connectivity index (χ1n) is 11.6. The highest BCUT2D eigenvalue weighted by Crippen LogP contribution is 2.27. The number of carbonyl (C=O) groups excluding carboxylic acids is 2. The van der Waals surface area contributed by atoms with Crippen LogP contribution in [0.4, 0.5) is 4.79 Å². The first kappa shape index (κ1) is 24.6. The zero-order valence-electron chi connectivity index (χ0n) is 19.5. The zero-order chi connectivity index (χ0) is 23.1. The van der Waals surface area contributed by atoms with Crippen LogP contribution in [0.2, 0.25) is 5.02 Å². The van der Waals surface area contributed by atoms with Crippen LogP contribution in [0.15, 0.2) is 18.2 Å². The van der Waals surface area contributed by atoms with Crippen LogP contribution in [0.1, 0.15) is 56.8 Å². The molecule has 7 nitrogen and oxygen atoms in total. The van der Waals surface area contributed by atoms with Gasteiger partial charge in [0.05, 0.1) is 12.2 Å². The van der Waals surface area contributed by atoms with E-state index in [2.05, 4.69) is 5.32 Å². The molecule has 0 unspecified atom stereocenters. The van der Waals surface area contributed by atoms with Crippen LogP contribution in [0.3, 0.4) is 0 Å². The van der Waals surface area contributed by atoms with Crippen LogP contribution in [-0.4, -0.2) is 73.3 Å². The van der Waals surface area contributed by atoms with Gasteiger partial charge >= 0.3 is 6.09 Å². The number of piperidine rings is 1. The number of likely N-dealkylation sites (tertiary alicyclic amines) is 1. The average molecular weight is 466 g/mol. The number of carbonyl (C=O) groups is 2. The summed E-state index contributed by atoms with van der Waals surface area (Å²) in [4.78, 5) is 29.5. The Morgan fingerprint density at radius 2 is 1.91 bits per heavy atom. The number of halogens is 1. The third kappa shape index (κ3) is 7.27. The van der Waals surface area contributed by atoms with E-state index >= 15 is 0 Å². The van der Waals surface area contributed by atoms with Crippen LogP contribution in [-0.2, 0) is 4.74 Å². The fraction of sp³-hybridized carbons (Fsp3) is 0.667. The maximum absolute atomic E-state index is 13.5. The Morgan fingerprint density at radius 1 is 1.19 bits per heavy atom. The van der Waals surface area contributed by atoms with Crippen LogP contribution in [0, 0.1) is 5.92 Å². The maximum atomic E-state index is 13.5. The topological polar surface area (TPSA) is 71.1 Å². The monoisotopic (exact) mass is 465 g/mol. The van der Waals surface area contributed by atoms with E-state index in [0.717, 1.165) is 38.8 Å². The Hall–Kier alpha value is -1.99. The summed E-state index contributed by atoms with van der Waals surface area (Å²) in [5.74, 6) is 0.870. The molecule has 3 rings (SSSR count). The smallest absolute Gasteiger partial charge is 0.410 e. The van der Waals surface area contributed by atoms with Gasteiger partial charge in [0.1, 0.15) is 11.4 Å². The SMILES string of the molecule is CC(C)(C)OC(=O)N1CCC(CN2CCCNCCCOc3cc(Cl)ccc3C2=O)CC1. The Bertz CT molecular complexity index is 788.